The van der Waals surface area contributed by atoms with E-state index in [0.717, 1.165) is 33.8 Å². The number of fused-ring (bicyclic) bond motifs is 4. The summed E-state index contributed by atoms with van der Waals surface area (Å²) in [5.41, 5.74) is 5.19. The van der Waals surface area contributed by atoms with Gasteiger partial charge < -0.3 is 82.4 Å². The fraction of sp³-hybridized carbons (Fsp3) is 0.590. The van der Waals surface area contributed by atoms with Crippen molar-refractivity contribution in [3.63, 3.8) is 0 Å². The lowest BCUT2D eigenvalue weighted by atomic mass is 9.88. The molecule has 108 heavy (non-hydrogen) atoms. The van der Waals surface area contributed by atoms with Crippen LogP contribution in [0.5, 0.6) is 17.2 Å². The number of aryl methyl sites for hydroxylation is 1. The summed E-state index contributed by atoms with van der Waals surface area (Å²) in [6.45, 7) is 17.6. The van der Waals surface area contributed by atoms with Crippen LogP contribution in [0.15, 0.2) is 77.1 Å². The second kappa shape index (κ2) is 44.5. The summed E-state index contributed by atoms with van der Waals surface area (Å²) < 4.78 is 68.2. The first-order valence-corrected chi connectivity index (χ1v) is 38.4. The van der Waals surface area contributed by atoms with Gasteiger partial charge in [0.2, 0.25) is 23.6 Å². The highest BCUT2D eigenvalue weighted by atomic mass is 32.2. The highest BCUT2D eigenvalue weighted by molar-refractivity contribution is 8.00. The Labute approximate surface area is 636 Å². The zero-order valence-electron chi connectivity index (χ0n) is 63.5. The Bertz CT molecular complexity index is 3630. The lowest BCUT2D eigenvalue weighted by Crippen LogP contribution is -2.50. The zero-order chi connectivity index (χ0) is 77.5. The molecule has 8 rings (SSSR count). The molecule has 2 unspecified atom stereocenters. The molecule has 0 spiro atoms. The van der Waals surface area contributed by atoms with Gasteiger partial charge in [0.25, 0.3) is 11.8 Å². The molecule has 1 saturated heterocycles. The second-order valence-electron chi connectivity index (χ2n) is 27.3. The van der Waals surface area contributed by atoms with Crippen LogP contribution in [0.3, 0.4) is 0 Å². The zero-order valence-corrected chi connectivity index (χ0v) is 64.3. The molecule has 1 fully saturated rings. The van der Waals surface area contributed by atoms with Crippen molar-refractivity contribution in [1.29, 1.82) is 0 Å². The highest BCUT2D eigenvalue weighted by Gasteiger charge is 2.45. The molecule has 5 aliphatic rings. The number of anilines is 1. The third-order valence-corrected chi connectivity index (χ3v) is 19.6. The smallest absolute Gasteiger partial charge is 0.416 e. The quantitative estimate of drug-likeness (QED) is 0.0365. The SMILES string of the molecule is COc1cc2c(cc1OCCCCCOc1cc3c(cc1C)C(=O)N1C=C(C)C[C@H]1C(O)N3C(=O)OCc1ccc(CC(=O)[C@H](C)NC(=O)[C@@H](CC(=O)CCOCCOCCOCCOCCOCCOCCOCCOCCNC(=O)CCN3C(=O)CC(SC)C3=O)C(C)C)cc1)N=C[C@@H]1CC(C)=CN1C2=O. The summed E-state index contributed by atoms with van der Waals surface area (Å²) >= 11 is 1.34. The largest absolute Gasteiger partial charge is 0.493 e. The number of imide groups is 1. The Morgan fingerprint density at radius 3 is 1.79 bits per heavy atom. The number of rotatable bonds is 50. The van der Waals surface area contributed by atoms with Gasteiger partial charge in [-0.25, -0.2) is 9.69 Å². The van der Waals surface area contributed by atoms with Gasteiger partial charge in [0, 0.05) is 81.9 Å². The summed E-state index contributed by atoms with van der Waals surface area (Å²) in [7, 11) is 1.53. The lowest BCUT2D eigenvalue weighted by Gasteiger charge is -2.31. The predicted octanol–water partition coefficient (Wildman–Crippen LogP) is 7.43. The fourth-order valence-corrected chi connectivity index (χ4v) is 13.2. The van der Waals surface area contributed by atoms with Gasteiger partial charge in [-0.05, 0) is 101 Å². The van der Waals surface area contributed by atoms with Gasteiger partial charge in [-0.1, -0.05) is 49.3 Å². The number of carbonyl (C=O) groups excluding carboxylic acids is 9. The van der Waals surface area contributed by atoms with E-state index in [1.165, 1.54) is 23.8 Å². The van der Waals surface area contributed by atoms with Crippen LogP contribution in [-0.2, 0) is 84.4 Å². The third kappa shape index (κ3) is 25.7. The van der Waals surface area contributed by atoms with Crippen molar-refractivity contribution in [2.24, 2.45) is 16.8 Å². The summed E-state index contributed by atoms with van der Waals surface area (Å²) in [6.07, 6.45) is 8.26. The number of benzene rings is 3. The normalized spacial score (nSPS) is 17.9. The first-order valence-electron chi connectivity index (χ1n) is 37.1. The number of hydrogen-bond donors (Lipinski definition) is 3. The van der Waals surface area contributed by atoms with Gasteiger partial charge in [0.15, 0.2) is 23.5 Å². The number of unbranched alkanes of at least 4 members (excludes halogenated alkanes) is 2. The average molecular weight is 1530 g/mol. The van der Waals surface area contributed by atoms with Crippen molar-refractivity contribution < 1.29 is 105 Å². The number of likely N-dealkylation sites (tertiary alicyclic amines) is 1. The molecular weight excluding hydrogens is 1420 g/mol. The molecule has 6 atom stereocenters. The number of nitrogens with zero attached hydrogens (tertiary/aromatic N) is 5. The number of ketones is 2. The number of nitrogens with one attached hydrogen (secondary N) is 2. The Kier molecular flexibility index (Phi) is 35.2. The summed E-state index contributed by atoms with van der Waals surface area (Å²) in [4.78, 5) is 128. The molecule has 5 aliphatic heterocycles. The average Bonchev–Trinajstić information content (AvgIpc) is 1.60. The van der Waals surface area contributed by atoms with Gasteiger partial charge in [-0.3, -0.25) is 48.2 Å². The van der Waals surface area contributed by atoms with Crippen LogP contribution < -0.4 is 29.7 Å². The first-order chi connectivity index (χ1) is 52.1. The topological polar surface area (TPSA) is 334 Å². The number of methoxy groups -OCH3 is 1. The van der Waals surface area contributed by atoms with E-state index in [-0.39, 0.29) is 128 Å². The monoisotopic (exact) mass is 1530 g/mol. The van der Waals surface area contributed by atoms with Crippen molar-refractivity contribution in [2.75, 3.05) is 150 Å². The molecule has 7 amide bonds. The lowest BCUT2D eigenvalue weighted by molar-refractivity contribution is -0.138. The van der Waals surface area contributed by atoms with E-state index >= 15 is 0 Å². The van der Waals surface area contributed by atoms with Crippen molar-refractivity contribution in [1.82, 2.24) is 25.3 Å². The minimum absolute atomic E-state index is 0.00128. The molecule has 0 saturated carbocycles. The van der Waals surface area contributed by atoms with Crippen molar-refractivity contribution >= 4 is 82.5 Å². The number of Topliss-reactive ketones (excluding diaryl/α,β-unsaturated/α-hetero) is 2. The first kappa shape index (κ1) is 85.4. The summed E-state index contributed by atoms with van der Waals surface area (Å²) in [5.74, 6) is -1.51. The van der Waals surface area contributed by atoms with E-state index in [2.05, 4.69) is 15.6 Å². The van der Waals surface area contributed by atoms with Gasteiger partial charge in [0.1, 0.15) is 18.1 Å². The van der Waals surface area contributed by atoms with Gasteiger partial charge in [-0.15, -0.1) is 0 Å². The van der Waals surface area contributed by atoms with E-state index in [9.17, 15) is 48.3 Å². The van der Waals surface area contributed by atoms with E-state index in [1.54, 1.807) is 79.0 Å². The number of ether oxygens (including phenoxy) is 12. The van der Waals surface area contributed by atoms with Gasteiger partial charge in [-0.2, -0.15) is 11.8 Å². The molecule has 5 heterocycles. The Hall–Kier alpha value is -8.17. The molecular formula is C78H107N7O22S. The minimum Gasteiger partial charge on any atom is -0.493 e. The standard InChI is InChI=1S/C78H107N7O22S/c1-51(2)60(42-59(86)17-22-97-24-26-99-28-30-101-32-34-103-36-37-104-35-33-102-31-29-100-27-25-98-23-18-79-71(88)16-19-82-72(89)46-70(108-8)77(82)94)73(90)81-55(6)66(87)41-56-12-14-57(15-13-56)50-107-78(95)85-64-45-67(54(5)40-62(64)75(92)84-49-53(4)39-65(84)76(85)93)105-20-10-9-11-21-106-69-44-63-61(43-68(69)96-7)74(91)83-48-52(3)38-58(83)47-80-63/h12-15,40,43-45,47-49,51,55,58,60,65,70,76,93H,9-11,16-39,41-42,46,50H2,1-8H3,(H,79,88)(H,81,90)/t55-,58-,60-,65-,70?,76?/m0/s1. The molecule has 3 aromatic rings. The highest BCUT2D eigenvalue weighted by Crippen LogP contribution is 2.41. The van der Waals surface area contributed by atoms with Crippen LogP contribution in [0, 0.1) is 18.8 Å². The van der Waals surface area contributed by atoms with Gasteiger partial charge in [0.05, 0.1) is 172 Å². The number of amides is 7. The van der Waals surface area contributed by atoms with Crippen LogP contribution in [0.25, 0.3) is 0 Å². The predicted molar refractivity (Wildman–Crippen MR) is 401 cm³/mol. The fourth-order valence-electron chi connectivity index (χ4n) is 12.6. The number of thioether (sulfide) groups is 1. The molecule has 30 heteroatoms. The number of aliphatic hydroxyl groups excluding tert-OH is 1. The third-order valence-electron chi connectivity index (χ3n) is 18.7. The molecule has 29 nitrogen and oxygen atoms in total. The van der Waals surface area contributed by atoms with Crippen LogP contribution >= 0.6 is 11.8 Å². The van der Waals surface area contributed by atoms with Crippen molar-refractivity contribution in [2.45, 2.75) is 142 Å². The Balaban J connectivity index is 0.635. The maximum Gasteiger partial charge on any atom is 0.416 e. The maximum absolute atomic E-state index is 14.3. The minimum atomic E-state index is -1.47. The van der Waals surface area contributed by atoms with Crippen LogP contribution in [0.4, 0.5) is 16.2 Å². The maximum atomic E-state index is 14.3. The molecule has 0 radical (unpaired) electrons. The molecule has 592 valence electrons. The molecule has 0 bridgehead atoms. The number of hydrogen-bond acceptors (Lipinski definition) is 24. The van der Waals surface area contributed by atoms with Crippen LogP contribution in [0.1, 0.15) is 130 Å². The number of carbonyl (C=O) groups is 9. The molecule has 3 N–H and O–H groups in total. The van der Waals surface area contributed by atoms with E-state index in [4.69, 9.17) is 56.8 Å². The van der Waals surface area contributed by atoms with E-state index in [1.807, 2.05) is 40.8 Å². The summed E-state index contributed by atoms with van der Waals surface area (Å²) in [5, 5.41) is 17.1. The Morgan fingerprint density at radius 2 is 1.19 bits per heavy atom. The van der Waals surface area contributed by atoms with Crippen LogP contribution in [0.2, 0.25) is 0 Å². The molecule has 0 aliphatic carbocycles. The van der Waals surface area contributed by atoms with E-state index in [0.29, 0.717) is 177 Å². The van der Waals surface area contributed by atoms with Crippen molar-refractivity contribution in [3.05, 3.63) is 99.9 Å². The molecule has 0 aromatic heterocycles. The van der Waals surface area contributed by atoms with E-state index < -0.39 is 36.2 Å². The van der Waals surface area contributed by atoms with Crippen molar-refractivity contribution in [3.8, 4) is 17.2 Å². The van der Waals surface area contributed by atoms with Gasteiger partial charge >= 0.3 is 6.09 Å². The Morgan fingerprint density at radius 1 is 0.630 bits per heavy atom. The molecule has 3 aromatic carbocycles. The number of aliphatic hydroxyl groups is 1. The summed E-state index contributed by atoms with van der Waals surface area (Å²) in [6, 6.07) is 11.8. The van der Waals surface area contributed by atoms with Crippen LogP contribution in [-0.4, -0.2) is 254 Å². The number of aliphatic imine (C=N–C) groups is 1. The second-order valence-corrected chi connectivity index (χ2v) is 28.3.